The first kappa shape index (κ1) is 9.00. The van der Waals surface area contributed by atoms with Crippen molar-refractivity contribution in [3.8, 4) is 0 Å². The Kier molecular flexibility index (Phi) is 2.25. The average Bonchev–Trinajstić information content (AvgIpc) is 1.80. The van der Waals surface area contributed by atoms with Crippen molar-refractivity contribution < 1.29 is 8.42 Å². The minimum absolute atomic E-state index is 0.119. The molecule has 0 radical (unpaired) electrons. The summed E-state index contributed by atoms with van der Waals surface area (Å²) in [4.78, 5) is 0. The molecule has 0 heterocycles. The van der Waals surface area contributed by atoms with E-state index in [0.717, 1.165) is 0 Å². The summed E-state index contributed by atoms with van der Waals surface area (Å²) < 4.78 is 22.8. The third-order valence-electron chi connectivity index (χ3n) is 2.25. The third kappa shape index (κ3) is 1.56. The highest BCUT2D eigenvalue weighted by molar-refractivity contribution is 7.92. The van der Waals surface area contributed by atoms with E-state index in [1.54, 1.807) is 13.8 Å². The Hall–Kier alpha value is -0.0900. The maximum atomic E-state index is 11.4. The van der Waals surface area contributed by atoms with E-state index in [9.17, 15) is 8.42 Å². The standard InChI is InChI=1S/C7H15NO2S/c1-5(2)11(9,10)7-3-6(8)4-7/h5-7H,3-4,8H2,1-2H3. The average molecular weight is 177 g/mol. The van der Waals surface area contributed by atoms with Gasteiger partial charge in [0.15, 0.2) is 9.84 Å². The summed E-state index contributed by atoms with van der Waals surface area (Å²) >= 11 is 0. The Balaban J connectivity index is 2.62. The molecule has 0 atom stereocenters. The van der Waals surface area contributed by atoms with E-state index in [1.165, 1.54) is 0 Å². The van der Waals surface area contributed by atoms with Crippen molar-refractivity contribution >= 4 is 9.84 Å². The van der Waals surface area contributed by atoms with Crippen molar-refractivity contribution in [3.63, 3.8) is 0 Å². The van der Waals surface area contributed by atoms with Crippen LogP contribution in [-0.2, 0) is 9.84 Å². The van der Waals surface area contributed by atoms with Crippen molar-refractivity contribution in [3.05, 3.63) is 0 Å². The fourth-order valence-corrected chi connectivity index (χ4v) is 3.06. The summed E-state index contributed by atoms with van der Waals surface area (Å²) in [6.45, 7) is 3.44. The smallest absolute Gasteiger partial charge is 0.155 e. The van der Waals surface area contributed by atoms with Gasteiger partial charge in [-0.3, -0.25) is 0 Å². The van der Waals surface area contributed by atoms with Crippen LogP contribution in [0.15, 0.2) is 0 Å². The summed E-state index contributed by atoms with van der Waals surface area (Å²) in [7, 11) is -2.85. The lowest BCUT2D eigenvalue weighted by Gasteiger charge is -2.33. The van der Waals surface area contributed by atoms with Crippen molar-refractivity contribution in [2.24, 2.45) is 5.73 Å². The zero-order valence-corrected chi connectivity index (χ0v) is 7.76. The van der Waals surface area contributed by atoms with Crippen LogP contribution in [0.1, 0.15) is 26.7 Å². The Labute approximate surface area is 67.9 Å². The van der Waals surface area contributed by atoms with E-state index in [1.807, 2.05) is 0 Å². The zero-order chi connectivity index (χ0) is 8.65. The van der Waals surface area contributed by atoms with E-state index < -0.39 is 9.84 Å². The van der Waals surface area contributed by atoms with E-state index in [0.29, 0.717) is 12.8 Å². The van der Waals surface area contributed by atoms with Crippen LogP contribution >= 0.6 is 0 Å². The van der Waals surface area contributed by atoms with Crippen LogP contribution in [-0.4, -0.2) is 25.0 Å². The predicted octanol–water partition coefficient (Wildman–Crippen LogP) is 0.299. The molecule has 0 amide bonds. The summed E-state index contributed by atoms with van der Waals surface area (Å²) in [6.07, 6.45) is 1.31. The number of hydrogen-bond donors (Lipinski definition) is 1. The molecule has 1 rings (SSSR count). The van der Waals surface area contributed by atoms with Crippen molar-refractivity contribution in [2.75, 3.05) is 0 Å². The summed E-state index contributed by atoms with van der Waals surface area (Å²) in [5.41, 5.74) is 5.50. The summed E-state index contributed by atoms with van der Waals surface area (Å²) in [5.74, 6) is 0. The van der Waals surface area contributed by atoms with Crippen LogP contribution in [0.2, 0.25) is 0 Å². The monoisotopic (exact) mass is 177 g/mol. The molecule has 0 bridgehead atoms. The lowest BCUT2D eigenvalue weighted by molar-refractivity contribution is 0.406. The highest BCUT2D eigenvalue weighted by atomic mass is 32.2. The lowest BCUT2D eigenvalue weighted by Crippen LogP contribution is -2.46. The topological polar surface area (TPSA) is 60.2 Å². The van der Waals surface area contributed by atoms with E-state index in [-0.39, 0.29) is 16.5 Å². The van der Waals surface area contributed by atoms with E-state index >= 15 is 0 Å². The van der Waals surface area contributed by atoms with Crippen LogP contribution in [0, 0.1) is 0 Å². The molecule has 0 aromatic rings. The van der Waals surface area contributed by atoms with Gasteiger partial charge in [-0.1, -0.05) is 0 Å². The number of rotatable bonds is 2. The predicted molar refractivity (Wildman–Crippen MR) is 45.1 cm³/mol. The molecule has 0 aromatic heterocycles. The summed E-state index contributed by atoms with van der Waals surface area (Å²) in [5, 5.41) is -0.405. The third-order valence-corrected chi connectivity index (χ3v) is 4.88. The van der Waals surface area contributed by atoms with Crippen LogP contribution in [0.3, 0.4) is 0 Å². The molecule has 0 spiro atoms. The maximum absolute atomic E-state index is 11.4. The minimum Gasteiger partial charge on any atom is -0.328 e. The molecule has 4 heteroatoms. The van der Waals surface area contributed by atoms with Gasteiger partial charge in [-0.15, -0.1) is 0 Å². The molecule has 11 heavy (non-hydrogen) atoms. The largest absolute Gasteiger partial charge is 0.328 e. The van der Waals surface area contributed by atoms with Crippen molar-refractivity contribution in [1.82, 2.24) is 0 Å². The summed E-state index contributed by atoms with van der Waals surface area (Å²) in [6, 6.07) is 0.119. The van der Waals surface area contributed by atoms with Gasteiger partial charge in [0, 0.05) is 6.04 Å². The molecule has 0 saturated heterocycles. The van der Waals surface area contributed by atoms with Crippen molar-refractivity contribution in [1.29, 1.82) is 0 Å². The fourth-order valence-electron chi connectivity index (χ4n) is 1.26. The Morgan fingerprint density at radius 1 is 1.36 bits per heavy atom. The van der Waals surface area contributed by atoms with E-state index in [4.69, 9.17) is 5.73 Å². The molecule has 3 nitrogen and oxygen atoms in total. The van der Waals surface area contributed by atoms with Crippen molar-refractivity contribution in [2.45, 2.75) is 43.2 Å². The van der Waals surface area contributed by atoms with Gasteiger partial charge in [-0.05, 0) is 26.7 Å². The molecule has 0 unspecified atom stereocenters. The molecule has 66 valence electrons. The van der Waals surface area contributed by atoms with Crippen LogP contribution in [0.25, 0.3) is 0 Å². The van der Waals surface area contributed by atoms with Crippen LogP contribution in [0.4, 0.5) is 0 Å². The second-order valence-electron chi connectivity index (χ2n) is 3.49. The maximum Gasteiger partial charge on any atom is 0.155 e. The highest BCUT2D eigenvalue weighted by Gasteiger charge is 2.38. The Morgan fingerprint density at radius 3 is 2.09 bits per heavy atom. The SMILES string of the molecule is CC(C)S(=O)(=O)C1CC(N)C1. The van der Waals surface area contributed by atoms with Gasteiger partial charge in [-0.25, -0.2) is 8.42 Å². The first-order valence-corrected chi connectivity index (χ1v) is 5.54. The number of sulfone groups is 1. The van der Waals surface area contributed by atoms with Gasteiger partial charge in [-0.2, -0.15) is 0 Å². The molecular weight excluding hydrogens is 162 g/mol. The van der Waals surface area contributed by atoms with Gasteiger partial charge < -0.3 is 5.73 Å². The van der Waals surface area contributed by atoms with Gasteiger partial charge in [0.1, 0.15) is 0 Å². The first-order valence-electron chi connectivity index (χ1n) is 3.93. The molecule has 1 aliphatic rings. The number of hydrogen-bond acceptors (Lipinski definition) is 3. The first-order chi connectivity index (χ1) is 4.94. The second-order valence-corrected chi connectivity index (χ2v) is 6.28. The quantitative estimate of drug-likeness (QED) is 0.660. The lowest BCUT2D eigenvalue weighted by atomic mass is 9.93. The number of nitrogens with two attached hydrogens (primary N) is 1. The molecule has 1 saturated carbocycles. The van der Waals surface area contributed by atoms with E-state index in [2.05, 4.69) is 0 Å². The minimum atomic E-state index is -2.85. The second kappa shape index (κ2) is 2.75. The Bertz CT molecular complexity index is 227. The molecular formula is C7H15NO2S. The molecule has 2 N–H and O–H groups in total. The van der Waals surface area contributed by atoms with Gasteiger partial charge in [0.05, 0.1) is 10.5 Å². The molecule has 0 aliphatic heterocycles. The van der Waals surface area contributed by atoms with Gasteiger partial charge in [0.25, 0.3) is 0 Å². The fraction of sp³-hybridized carbons (Fsp3) is 1.00. The van der Waals surface area contributed by atoms with Crippen LogP contribution < -0.4 is 5.73 Å². The molecule has 1 fully saturated rings. The van der Waals surface area contributed by atoms with Gasteiger partial charge in [0.2, 0.25) is 0 Å². The van der Waals surface area contributed by atoms with Crippen LogP contribution in [0.5, 0.6) is 0 Å². The highest BCUT2D eigenvalue weighted by Crippen LogP contribution is 2.27. The molecule has 1 aliphatic carbocycles. The van der Waals surface area contributed by atoms with Gasteiger partial charge >= 0.3 is 0 Å². The molecule has 0 aromatic carbocycles. The Morgan fingerprint density at radius 2 is 1.82 bits per heavy atom. The normalized spacial score (nSPS) is 32.0. The zero-order valence-electron chi connectivity index (χ0n) is 6.95.